The summed E-state index contributed by atoms with van der Waals surface area (Å²) in [4.78, 5) is 12.4. The number of hydrogen-bond acceptors (Lipinski definition) is 7. The Morgan fingerprint density at radius 2 is 1.81 bits per heavy atom. The Balaban J connectivity index is 1.49. The van der Waals surface area contributed by atoms with E-state index in [1.165, 1.54) is 25.1 Å². The highest BCUT2D eigenvalue weighted by atomic mass is 79.9. The molecule has 3 aromatic carbocycles. The van der Waals surface area contributed by atoms with E-state index >= 15 is 0 Å². The molecule has 4 rings (SSSR count). The minimum absolute atomic E-state index is 0.0159. The van der Waals surface area contributed by atoms with Gasteiger partial charge in [-0.05, 0) is 82.2 Å². The maximum Gasteiger partial charge on any atom is 0.250 e. The molecule has 1 aromatic heterocycles. The van der Waals surface area contributed by atoms with Crippen LogP contribution in [0.1, 0.15) is 5.56 Å². The Morgan fingerprint density at radius 3 is 2.47 bits per heavy atom. The molecule has 36 heavy (non-hydrogen) atoms. The third-order valence-electron chi connectivity index (χ3n) is 4.83. The van der Waals surface area contributed by atoms with Crippen molar-refractivity contribution in [3.63, 3.8) is 0 Å². The molecule has 2 N–H and O–H groups in total. The third-order valence-corrected chi connectivity index (χ3v) is 6.86. The lowest BCUT2D eigenvalue weighted by molar-refractivity contribution is -0.118. The topological polar surface area (TPSA) is 102 Å². The van der Waals surface area contributed by atoms with Crippen molar-refractivity contribution in [2.45, 2.75) is 5.16 Å². The molecule has 0 unspecified atom stereocenters. The van der Waals surface area contributed by atoms with Crippen molar-refractivity contribution >= 4 is 63.0 Å². The van der Waals surface area contributed by atoms with Gasteiger partial charge in [-0.1, -0.05) is 35.0 Å². The Kier molecular flexibility index (Phi) is 8.52. The maximum atomic E-state index is 12.4. The number of hydrogen-bond donors (Lipinski definition) is 2. The quantitative estimate of drug-likeness (QED) is 0.146. The average molecular weight is 607 g/mol. The number of carbonyl (C=O) groups is 1. The molecular formula is C24H18BrCl2N5O3S. The van der Waals surface area contributed by atoms with Crippen LogP contribution in [0.2, 0.25) is 10.0 Å². The molecule has 0 spiro atoms. The van der Waals surface area contributed by atoms with E-state index in [1.54, 1.807) is 36.4 Å². The van der Waals surface area contributed by atoms with Crippen molar-refractivity contribution in [3.05, 3.63) is 80.7 Å². The highest BCUT2D eigenvalue weighted by Crippen LogP contribution is 2.34. The van der Waals surface area contributed by atoms with Crippen molar-refractivity contribution in [2.24, 2.45) is 5.10 Å². The van der Waals surface area contributed by atoms with Crippen molar-refractivity contribution < 1.29 is 14.6 Å². The highest BCUT2D eigenvalue weighted by molar-refractivity contribution is 9.10. The number of nitrogens with one attached hydrogen (secondary N) is 1. The Labute approximate surface area is 229 Å². The standard InChI is InChI=1S/C24H18BrCl2N5O3S/c1-35-20-11-14(10-19(25)22(20)34)12-28-29-21(33)13-36-24-31-30-23(15-2-4-16(26)5-3-15)32(24)18-8-6-17(27)7-9-18/h2-12,34H,13H2,1H3,(H,29,33). The van der Waals surface area contributed by atoms with Crippen molar-refractivity contribution in [1.82, 2.24) is 20.2 Å². The van der Waals surface area contributed by atoms with E-state index in [2.05, 4.69) is 36.7 Å². The fourth-order valence-electron chi connectivity index (χ4n) is 3.14. The van der Waals surface area contributed by atoms with Crippen LogP contribution in [-0.4, -0.2) is 44.9 Å². The molecule has 0 radical (unpaired) electrons. The molecule has 0 bridgehead atoms. The van der Waals surface area contributed by atoms with Crippen LogP contribution in [-0.2, 0) is 4.79 Å². The normalized spacial score (nSPS) is 11.1. The van der Waals surface area contributed by atoms with Gasteiger partial charge in [-0.2, -0.15) is 5.10 Å². The van der Waals surface area contributed by atoms with Gasteiger partial charge in [0.05, 0.1) is 23.5 Å². The van der Waals surface area contributed by atoms with Crippen LogP contribution >= 0.6 is 50.9 Å². The van der Waals surface area contributed by atoms with Gasteiger partial charge < -0.3 is 9.84 Å². The van der Waals surface area contributed by atoms with E-state index in [0.717, 1.165) is 11.3 Å². The van der Waals surface area contributed by atoms with Crippen molar-refractivity contribution in [1.29, 1.82) is 0 Å². The third kappa shape index (κ3) is 6.19. The molecule has 184 valence electrons. The first-order valence-electron chi connectivity index (χ1n) is 10.3. The first-order chi connectivity index (χ1) is 17.4. The van der Waals surface area contributed by atoms with Crippen LogP contribution in [0.5, 0.6) is 11.5 Å². The van der Waals surface area contributed by atoms with E-state index in [1.807, 2.05) is 28.8 Å². The average Bonchev–Trinajstić information content (AvgIpc) is 3.29. The number of methoxy groups -OCH3 is 1. The van der Waals surface area contributed by atoms with E-state index in [4.69, 9.17) is 27.9 Å². The number of ether oxygens (including phenoxy) is 1. The van der Waals surface area contributed by atoms with E-state index in [0.29, 0.717) is 31.1 Å². The summed E-state index contributed by atoms with van der Waals surface area (Å²) in [5, 5.41) is 24.3. The molecular weight excluding hydrogens is 589 g/mol. The van der Waals surface area contributed by atoms with Crippen LogP contribution in [0.4, 0.5) is 0 Å². The molecule has 0 saturated heterocycles. The van der Waals surface area contributed by atoms with Gasteiger partial charge in [-0.25, -0.2) is 5.43 Å². The van der Waals surface area contributed by atoms with Crippen LogP contribution < -0.4 is 10.2 Å². The number of benzene rings is 3. The summed E-state index contributed by atoms with van der Waals surface area (Å²) < 4.78 is 7.41. The number of hydrazone groups is 1. The summed E-state index contributed by atoms with van der Waals surface area (Å²) in [7, 11) is 1.45. The van der Waals surface area contributed by atoms with Crippen LogP contribution in [0.25, 0.3) is 17.1 Å². The number of rotatable bonds is 8. The Morgan fingerprint density at radius 1 is 1.14 bits per heavy atom. The zero-order chi connectivity index (χ0) is 25.7. The number of nitrogens with zero attached hydrogens (tertiary/aromatic N) is 4. The van der Waals surface area contributed by atoms with E-state index < -0.39 is 0 Å². The minimum atomic E-state index is -0.334. The summed E-state index contributed by atoms with van der Waals surface area (Å²) in [6.07, 6.45) is 1.45. The van der Waals surface area contributed by atoms with Gasteiger partial charge in [0.2, 0.25) is 0 Å². The number of phenols is 1. The SMILES string of the molecule is COc1cc(C=NNC(=O)CSc2nnc(-c3ccc(Cl)cc3)n2-c2ccc(Cl)cc2)cc(Br)c1O. The number of thioether (sulfide) groups is 1. The minimum Gasteiger partial charge on any atom is -0.503 e. The second-order valence-corrected chi connectivity index (χ2v) is 9.93. The smallest absolute Gasteiger partial charge is 0.250 e. The second-order valence-electron chi connectivity index (χ2n) is 7.26. The number of halogens is 3. The number of amides is 1. The molecule has 12 heteroatoms. The van der Waals surface area contributed by atoms with Gasteiger partial charge in [-0.3, -0.25) is 9.36 Å². The zero-order valence-electron chi connectivity index (χ0n) is 18.7. The molecule has 0 aliphatic carbocycles. The number of phenolic OH excluding ortho intramolecular Hbond substituents is 1. The van der Waals surface area contributed by atoms with Crippen molar-refractivity contribution in [2.75, 3.05) is 12.9 Å². The monoisotopic (exact) mass is 605 g/mol. The molecule has 0 saturated carbocycles. The van der Waals surface area contributed by atoms with Gasteiger partial charge in [0, 0.05) is 21.3 Å². The fourth-order valence-corrected chi connectivity index (χ4v) is 4.59. The first-order valence-corrected chi connectivity index (χ1v) is 12.9. The highest BCUT2D eigenvalue weighted by Gasteiger charge is 2.17. The maximum absolute atomic E-state index is 12.4. The van der Waals surface area contributed by atoms with E-state index in [-0.39, 0.29) is 23.2 Å². The fraction of sp³-hybridized carbons (Fsp3) is 0.0833. The van der Waals surface area contributed by atoms with Gasteiger partial charge in [0.25, 0.3) is 5.91 Å². The molecule has 0 atom stereocenters. The predicted molar refractivity (Wildman–Crippen MR) is 146 cm³/mol. The number of carbonyl (C=O) groups excluding carboxylic acids is 1. The first kappa shape index (κ1) is 26.0. The number of aromatic hydroxyl groups is 1. The molecule has 0 aliphatic heterocycles. The van der Waals surface area contributed by atoms with Gasteiger partial charge in [0.15, 0.2) is 22.5 Å². The van der Waals surface area contributed by atoms with E-state index in [9.17, 15) is 9.90 Å². The van der Waals surface area contributed by atoms with Crippen LogP contribution in [0.3, 0.4) is 0 Å². The van der Waals surface area contributed by atoms with Crippen molar-refractivity contribution in [3.8, 4) is 28.6 Å². The molecule has 4 aromatic rings. The summed E-state index contributed by atoms with van der Waals surface area (Å²) in [5.74, 6) is 0.580. The lowest BCUT2D eigenvalue weighted by Crippen LogP contribution is -2.20. The predicted octanol–water partition coefficient (Wildman–Crippen LogP) is 5.96. The van der Waals surface area contributed by atoms with Crippen LogP contribution in [0, 0.1) is 0 Å². The summed E-state index contributed by atoms with van der Waals surface area (Å²) in [6.45, 7) is 0. The Bertz CT molecular complexity index is 1410. The van der Waals surface area contributed by atoms with Crippen LogP contribution in [0.15, 0.2) is 75.4 Å². The number of aromatic nitrogens is 3. The molecule has 1 heterocycles. The summed E-state index contributed by atoms with van der Waals surface area (Å²) >= 11 is 16.6. The van der Waals surface area contributed by atoms with Gasteiger partial charge in [-0.15, -0.1) is 10.2 Å². The van der Waals surface area contributed by atoms with Gasteiger partial charge >= 0.3 is 0 Å². The Hall–Kier alpha value is -3.05. The largest absolute Gasteiger partial charge is 0.503 e. The second kappa shape index (κ2) is 11.8. The van der Waals surface area contributed by atoms with Gasteiger partial charge in [0.1, 0.15) is 0 Å². The summed E-state index contributed by atoms with van der Waals surface area (Å²) in [6, 6.07) is 17.7. The summed E-state index contributed by atoms with van der Waals surface area (Å²) in [5.41, 5.74) is 4.72. The lowest BCUT2D eigenvalue weighted by Gasteiger charge is -2.10. The molecule has 8 nitrogen and oxygen atoms in total. The molecule has 0 aliphatic rings. The molecule has 1 amide bonds. The zero-order valence-corrected chi connectivity index (χ0v) is 22.6. The lowest BCUT2D eigenvalue weighted by atomic mass is 10.2. The molecule has 0 fully saturated rings.